The topological polar surface area (TPSA) is 75.6 Å². The summed E-state index contributed by atoms with van der Waals surface area (Å²) < 4.78 is 18.2. The van der Waals surface area contributed by atoms with Gasteiger partial charge in [-0.3, -0.25) is 4.79 Å². The van der Waals surface area contributed by atoms with Gasteiger partial charge in [0.1, 0.15) is 17.1 Å². The molecule has 6 heteroatoms. The lowest BCUT2D eigenvalue weighted by molar-refractivity contribution is -0.147. The predicted molar refractivity (Wildman–Crippen MR) is 75.6 cm³/mol. The molecule has 0 bridgehead atoms. The highest BCUT2D eigenvalue weighted by atomic mass is 19.1. The lowest BCUT2D eigenvalue weighted by atomic mass is 9.99. The van der Waals surface area contributed by atoms with Crippen LogP contribution >= 0.6 is 0 Å². The first-order valence-corrected chi connectivity index (χ1v) is 6.80. The van der Waals surface area contributed by atoms with Gasteiger partial charge in [-0.25, -0.2) is 9.18 Å². The molecule has 0 saturated heterocycles. The van der Waals surface area contributed by atoms with E-state index < -0.39 is 11.5 Å². The molecule has 0 heterocycles. The minimum absolute atomic E-state index is 0.151. The van der Waals surface area contributed by atoms with E-state index >= 15 is 0 Å². The Kier molecular flexibility index (Phi) is 6.14. The summed E-state index contributed by atoms with van der Waals surface area (Å²) in [5, 5.41) is 11.5. The Morgan fingerprint density at radius 1 is 1.43 bits per heavy atom. The molecule has 1 rings (SSSR count). The normalized spacial score (nSPS) is 13.3. The van der Waals surface area contributed by atoms with Crippen LogP contribution < -0.4 is 10.1 Å². The van der Waals surface area contributed by atoms with Gasteiger partial charge in [-0.15, -0.1) is 0 Å². The van der Waals surface area contributed by atoms with Crippen molar-refractivity contribution in [1.29, 1.82) is 0 Å². The van der Waals surface area contributed by atoms with Crippen molar-refractivity contribution in [3.8, 4) is 5.75 Å². The number of ether oxygens (including phenoxy) is 1. The molecule has 5 nitrogen and oxygen atoms in total. The molecule has 1 aromatic rings. The van der Waals surface area contributed by atoms with E-state index in [2.05, 4.69) is 5.32 Å². The third-order valence-electron chi connectivity index (χ3n) is 3.21. The van der Waals surface area contributed by atoms with Crippen molar-refractivity contribution in [2.75, 3.05) is 6.61 Å². The number of hydrogen-bond acceptors (Lipinski definition) is 3. The van der Waals surface area contributed by atoms with Gasteiger partial charge in [0, 0.05) is 12.5 Å². The van der Waals surface area contributed by atoms with E-state index in [0.29, 0.717) is 18.6 Å². The quantitative estimate of drug-likeness (QED) is 0.722. The number of aliphatic carboxylic acids is 1. The zero-order valence-electron chi connectivity index (χ0n) is 12.2. The molecule has 21 heavy (non-hydrogen) atoms. The molecular weight excluding hydrogens is 277 g/mol. The van der Waals surface area contributed by atoms with Crippen LogP contribution in [0.1, 0.15) is 33.1 Å². The number of benzene rings is 1. The smallest absolute Gasteiger partial charge is 0.329 e. The molecule has 116 valence electrons. The second-order valence-corrected chi connectivity index (χ2v) is 4.95. The first kappa shape index (κ1) is 16.9. The SMILES string of the molecule is CCC(C)(NC(=O)CCCOc1cccc(F)c1)C(=O)O. The predicted octanol–water partition coefficient (Wildman–Crippen LogP) is 2.35. The molecule has 0 saturated carbocycles. The standard InChI is InChI=1S/C15H20FNO4/c1-3-15(2,14(19)20)17-13(18)8-5-9-21-12-7-4-6-11(16)10-12/h4,6-7,10H,3,5,8-9H2,1-2H3,(H,17,18)(H,19,20). The van der Waals surface area contributed by atoms with Crippen molar-refractivity contribution >= 4 is 11.9 Å². The Bertz CT molecular complexity index is 506. The molecule has 0 aliphatic carbocycles. The monoisotopic (exact) mass is 297 g/mol. The van der Waals surface area contributed by atoms with Gasteiger partial charge in [0.2, 0.25) is 5.91 Å². The lowest BCUT2D eigenvalue weighted by Gasteiger charge is -2.24. The maximum atomic E-state index is 12.9. The summed E-state index contributed by atoms with van der Waals surface area (Å²) in [5.74, 6) is -1.39. The van der Waals surface area contributed by atoms with Gasteiger partial charge in [0.05, 0.1) is 6.61 Å². The van der Waals surface area contributed by atoms with Crippen molar-refractivity contribution in [2.45, 2.75) is 38.6 Å². The zero-order valence-corrected chi connectivity index (χ0v) is 12.2. The van der Waals surface area contributed by atoms with Gasteiger partial charge in [-0.1, -0.05) is 13.0 Å². The second kappa shape index (κ2) is 7.61. The van der Waals surface area contributed by atoms with E-state index in [9.17, 15) is 14.0 Å². The summed E-state index contributed by atoms with van der Waals surface area (Å²) in [6, 6.07) is 5.75. The first-order valence-electron chi connectivity index (χ1n) is 6.80. The van der Waals surface area contributed by atoms with Crippen LogP contribution in [-0.2, 0) is 9.59 Å². The molecule has 1 amide bonds. The van der Waals surface area contributed by atoms with Gasteiger partial charge >= 0.3 is 5.97 Å². The van der Waals surface area contributed by atoms with Crippen LogP contribution in [0.15, 0.2) is 24.3 Å². The third kappa shape index (κ3) is 5.41. The minimum Gasteiger partial charge on any atom is -0.493 e. The van der Waals surface area contributed by atoms with Crippen LogP contribution in [0, 0.1) is 5.82 Å². The number of carbonyl (C=O) groups excluding carboxylic acids is 1. The average Bonchev–Trinajstić information content (AvgIpc) is 2.43. The van der Waals surface area contributed by atoms with Gasteiger partial charge in [0.25, 0.3) is 0 Å². The number of rotatable bonds is 8. The van der Waals surface area contributed by atoms with E-state index in [-0.39, 0.29) is 24.8 Å². The Balaban J connectivity index is 2.32. The van der Waals surface area contributed by atoms with Crippen LogP contribution in [-0.4, -0.2) is 29.1 Å². The maximum absolute atomic E-state index is 12.9. The van der Waals surface area contributed by atoms with Crippen molar-refractivity contribution < 1.29 is 23.8 Å². The van der Waals surface area contributed by atoms with Crippen LogP contribution in [0.5, 0.6) is 5.75 Å². The Morgan fingerprint density at radius 2 is 2.14 bits per heavy atom. The highest BCUT2D eigenvalue weighted by Gasteiger charge is 2.32. The van der Waals surface area contributed by atoms with Crippen LogP contribution in [0.3, 0.4) is 0 Å². The molecule has 0 spiro atoms. The fourth-order valence-corrected chi connectivity index (χ4v) is 1.64. The molecule has 0 radical (unpaired) electrons. The highest BCUT2D eigenvalue weighted by molar-refractivity contribution is 5.86. The summed E-state index contributed by atoms with van der Waals surface area (Å²) in [6.45, 7) is 3.42. The van der Waals surface area contributed by atoms with Gasteiger partial charge < -0.3 is 15.2 Å². The van der Waals surface area contributed by atoms with Gasteiger partial charge in [0.15, 0.2) is 0 Å². The number of nitrogens with one attached hydrogen (secondary N) is 1. The molecular formula is C15H20FNO4. The minimum atomic E-state index is -1.25. The number of carbonyl (C=O) groups is 2. The molecule has 1 atom stereocenters. The van der Waals surface area contributed by atoms with Crippen molar-refractivity contribution in [3.63, 3.8) is 0 Å². The summed E-state index contributed by atoms with van der Waals surface area (Å²) >= 11 is 0. The van der Waals surface area contributed by atoms with E-state index in [1.54, 1.807) is 13.0 Å². The van der Waals surface area contributed by atoms with Crippen molar-refractivity contribution in [3.05, 3.63) is 30.1 Å². The van der Waals surface area contributed by atoms with Crippen LogP contribution in [0.4, 0.5) is 4.39 Å². The number of halogens is 1. The number of amides is 1. The summed E-state index contributed by atoms with van der Waals surface area (Å²) in [7, 11) is 0. The molecule has 2 N–H and O–H groups in total. The maximum Gasteiger partial charge on any atom is 0.329 e. The third-order valence-corrected chi connectivity index (χ3v) is 3.21. The summed E-state index contributed by atoms with van der Waals surface area (Å²) in [5.41, 5.74) is -1.25. The Morgan fingerprint density at radius 3 is 2.71 bits per heavy atom. The summed E-state index contributed by atoms with van der Waals surface area (Å²) in [6.07, 6.45) is 0.869. The van der Waals surface area contributed by atoms with Crippen LogP contribution in [0.2, 0.25) is 0 Å². The molecule has 0 fully saturated rings. The number of carboxylic acid groups (broad SMARTS) is 1. The zero-order chi connectivity index (χ0) is 15.9. The van der Waals surface area contributed by atoms with E-state index in [1.165, 1.54) is 25.1 Å². The second-order valence-electron chi connectivity index (χ2n) is 4.95. The molecule has 1 unspecified atom stereocenters. The van der Waals surface area contributed by atoms with E-state index in [4.69, 9.17) is 9.84 Å². The fourth-order valence-electron chi connectivity index (χ4n) is 1.64. The molecule has 1 aromatic carbocycles. The van der Waals surface area contributed by atoms with Crippen LogP contribution in [0.25, 0.3) is 0 Å². The molecule has 0 aliphatic heterocycles. The molecule has 0 aromatic heterocycles. The van der Waals surface area contributed by atoms with E-state index in [1.807, 2.05) is 0 Å². The fraction of sp³-hybridized carbons (Fsp3) is 0.467. The van der Waals surface area contributed by atoms with Gasteiger partial charge in [-0.05, 0) is 31.9 Å². The van der Waals surface area contributed by atoms with Crippen molar-refractivity contribution in [2.24, 2.45) is 0 Å². The molecule has 0 aliphatic rings. The van der Waals surface area contributed by atoms with Gasteiger partial charge in [-0.2, -0.15) is 0 Å². The Labute approximate surface area is 123 Å². The largest absolute Gasteiger partial charge is 0.493 e. The highest BCUT2D eigenvalue weighted by Crippen LogP contribution is 2.13. The number of hydrogen-bond donors (Lipinski definition) is 2. The average molecular weight is 297 g/mol. The number of carboxylic acids is 1. The summed E-state index contributed by atoms with van der Waals surface area (Å²) in [4.78, 5) is 22.8. The van der Waals surface area contributed by atoms with E-state index in [0.717, 1.165) is 0 Å². The van der Waals surface area contributed by atoms with Crippen molar-refractivity contribution in [1.82, 2.24) is 5.32 Å². The lowest BCUT2D eigenvalue weighted by Crippen LogP contribution is -2.51. The first-order chi connectivity index (χ1) is 9.87. The Hall–Kier alpha value is -2.11.